The first kappa shape index (κ1) is 27.3. The Balaban J connectivity index is 0.000000451. The molecule has 0 saturated heterocycles. The Kier molecular flexibility index (Phi) is 12.9. The second kappa shape index (κ2) is 12.7. The molecule has 4 atom stereocenters. The van der Waals surface area contributed by atoms with Crippen LogP contribution in [-0.2, 0) is 21.7 Å². The first-order chi connectivity index (χ1) is 11.6. The smallest absolute Gasteiger partial charge is 1.00 e. The van der Waals surface area contributed by atoms with Crippen LogP contribution in [0.2, 0.25) is 0 Å². The molecule has 0 heterocycles. The molecule has 0 spiro atoms. The fourth-order valence-corrected chi connectivity index (χ4v) is 5.42. The Morgan fingerprint density at radius 3 is 1.15 bits per heavy atom. The first-order valence-corrected chi connectivity index (χ1v) is 10.1. The van der Waals surface area contributed by atoms with E-state index in [9.17, 15) is 0 Å². The van der Waals surface area contributed by atoms with Crippen molar-refractivity contribution in [2.75, 3.05) is 0 Å². The van der Waals surface area contributed by atoms with Crippen LogP contribution < -0.4 is 24.8 Å². The SMILES string of the molecule is CC1CCC(C)C1C1=[C-]CC=C1.CC1CCC(C)C1C1=[C-]CC=C1.[Cl-].[Cl-].[Ti+4]. The average molecular weight is 441 g/mol. The molecular weight excluding hydrogens is 407 g/mol. The van der Waals surface area contributed by atoms with Gasteiger partial charge in [-0.05, 0) is 61.2 Å². The minimum atomic E-state index is 0. The maximum Gasteiger partial charge on any atom is 4.00 e. The summed E-state index contributed by atoms with van der Waals surface area (Å²) < 4.78 is 0. The Bertz CT molecular complexity index is 491. The van der Waals surface area contributed by atoms with E-state index in [1.807, 2.05) is 0 Å². The molecule has 27 heavy (non-hydrogen) atoms. The predicted molar refractivity (Wildman–Crippen MR) is 103 cm³/mol. The van der Waals surface area contributed by atoms with E-state index >= 15 is 0 Å². The zero-order valence-corrected chi connectivity index (χ0v) is 20.3. The summed E-state index contributed by atoms with van der Waals surface area (Å²) in [5.41, 5.74) is 2.99. The maximum atomic E-state index is 3.46. The fraction of sp³-hybridized carbons (Fsp3) is 0.667. The maximum absolute atomic E-state index is 3.46. The van der Waals surface area contributed by atoms with E-state index in [0.717, 1.165) is 48.3 Å². The number of hydrogen-bond donors (Lipinski definition) is 0. The molecule has 148 valence electrons. The zero-order chi connectivity index (χ0) is 17.1. The molecule has 4 aliphatic carbocycles. The van der Waals surface area contributed by atoms with E-state index in [1.165, 1.54) is 36.8 Å². The Labute approximate surface area is 195 Å². The van der Waals surface area contributed by atoms with Gasteiger partial charge < -0.3 is 24.8 Å². The molecule has 3 heteroatoms. The van der Waals surface area contributed by atoms with Gasteiger partial charge in [0.2, 0.25) is 0 Å². The molecule has 0 radical (unpaired) electrons. The van der Waals surface area contributed by atoms with Crippen molar-refractivity contribution < 1.29 is 46.5 Å². The van der Waals surface area contributed by atoms with E-state index < -0.39 is 0 Å². The van der Waals surface area contributed by atoms with E-state index in [2.05, 4.69) is 64.2 Å². The molecule has 0 aliphatic heterocycles. The van der Waals surface area contributed by atoms with Crippen molar-refractivity contribution in [3.63, 3.8) is 0 Å². The summed E-state index contributed by atoms with van der Waals surface area (Å²) >= 11 is 0. The molecule has 0 N–H and O–H groups in total. The summed E-state index contributed by atoms with van der Waals surface area (Å²) in [6.45, 7) is 9.54. The average Bonchev–Trinajstić information content (AvgIpc) is 3.31. The molecule has 4 unspecified atom stereocenters. The van der Waals surface area contributed by atoms with Gasteiger partial charge in [0.15, 0.2) is 0 Å². The van der Waals surface area contributed by atoms with Crippen molar-refractivity contribution in [1.82, 2.24) is 0 Å². The van der Waals surface area contributed by atoms with E-state index in [4.69, 9.17) is 0 Å². The fourth-order valence-electron chi connectivity index (χ4n) is 5.42. The van der Waals surface area contributed by atoms with Crippen molar-refractivity contribution in [2.45, 2.75) is 66.2 Å². The minimum Gasteiger partial charge on any atom is -1.00 e. The minimum absolute atomic E-state index is 0. The van der Waals surface area contributed by atoms with E-state index in [0.29, 0.717) is 0 Å². The summed E-state index contributed by atoms with van der Waals surface area (Å²) in [5, 5.41) is 0. The second-order valence-corrected chi connectivity index (χ2v) is 8.59. The molecule has 0 bridgehead atoms. The van der Waals surface area contributed by atoms with Gasteiger partial charge in [-0.25, -0.2) is 23.3 Å². The van der Waals surface area contributed by atoms with Crippen LogP contribution in [0.5, 0.6) is 0 Å². The third kappa shape index (κ3) is 6.63. The van der Waals surface area contributed by atoms with E-state index in [-0.39, 0.29) is 46.5 Å². The van der Waals surface area contributed by atoms with Crippen molar-refractivity contribution in [1.29, 1.82) is 0 Å². The van der Waals surface area contributed by atoms with Gasteiger partial charge in [0.1, 0.15) is 0 Å². The molecular formula is C24H34Cl2Ti. The molecule has 2 fully saturated rings. The van der Waals surface area contributed by atoms with Crippen molar-refractivity contribution >= 4 is 0 Å². The summed E-state index contributed by atoms with van der Waals surface area (Å²) in [4.78, 5) is 0. The van der Waals surface area contributed by atoms with Crippen LogP contribution in [0.15, 0.2) is 35.5 Å². The second-order valence-electron chi connectivity index (χ2n) is 8.59. The monoisotopic (exact) mass is 440 g/mol. The van der Waals surface area contributed by atoms with Crippen molar-refractivity contribution in [2.24, 2.45) is 35.5 Å². The number of halogens is 2. The molecule has 0 aromatic rings. The Morgan fingerprint density at radius 1 is 0.630 bits per heavy atom. The Morgan fingerprint density at radius 2 is 0.926 bits per heavy atom. The number of allylic oxidation sites excluding steroid dienone is 8. The van der Waals surface area contributed by atoms with Crippen molar-refractivity contribution in [3.05, 3.63) is 47.6 Å². The summed E-state index contributed by atoms with van der Waals surface area (Å²) in [5.74, 6) is 5.14. The number of hydrogen-bond acceptors (Lipinski definition) is 0. The third-order valence-corrected chi connectivity index (χ3v) is 6.77. The van der Waals surface area contributed by atoms with Crippen LogP contribution >= 0.6 is 0 Å². The van der Waals surface area contributed by atoms with Gasteiger partial charge in [0, 0.05) is 0 Å². The van der Waals surface area contributed by atoms with E-state index in [1.54, 1.807) is 0 Å². The standard InChI is InChI=1S/2C12H17.2ClH.Ti/c2*1-9-7-8-10(2)12(9)11-5-3-4-6-11;;;/h2*3,5,9-10,12H,4,7-8H2,1-2H3;2*1H;/q2*-1;;;+4/p-2. The molecule has 4 aliphatic rings. The molecule has 0 nitrogen and oxygen atoms in total. The molecule has 0 aromatic carbocycles. The summed E-state index contributed by atoms with van der Waals surface area (Å²) in [7, 11) is 0. The van der Waals surface area contributed by atoms with Crippen LogP contribution in [0.3, 0.4) is 0 Å². The van der Waals surface area contributed by atoms with Gasteiger partial charge in [-0.1, -0.05) is 27.7 Å². The molecule has 2 saturated carbocycles. The predicted octanol–water partition coefficient (Wildman–Crippen LogP) is 0.722. The van der Waals surface area contributed by atoms with Crippen LogP contribution in [0.25, 0.3) is 0 Å². The van der Waals surface area contributed by atoms with Gasteiger partial charge in [0.05, 0.1) is 0 Å². The van der Waals surface area contributed by atoms with Crippen LogP contribution in [-0.4, -0.2) is 0 Å². The third-order valence-electron chi connectivity index (χ3n) is 6.77. The van der Waals surface area contributed by atoms with Gasteiger partial charge in [0.25, 0.3) is 0 Å². The largest absolute Gasteiger partial charge is 4.00 e. The summed E-state index contributed by atoms with van der Waals surface area (Å²) in [6.07, 6.45) is 23.7. The van der Waals surface area contributed by atoms with Crippen LogP contribution in [0.4, 0.5) is 0 Å². The van der Waals surface area contributed by atoms with Gasteiger partial charge in [-0.3, -0.25) is 12.2 Å². The zero-order valence-electron chi connectivity index (χ0n) is 17.3. The van der Waals surface area contributed by atoms with Crippen molar-refractivity contribution in [3.8, 4) is 0 Å². The van der Waals surface area contributed by atoms with Gasteiger partial charge in [-0.2, -0.15) is 12.2 Å². The summed E-state index contributed by atoms with van der Waals surface area (Å²) in [6, 6.07) is 0. The number of rotatable bonds is 2. The molecule has 0 amide bonds. The van der Waals surface area contributed by atoms with Gasteiger partial charge >= 0.3 is 21.7 Å². The molecule has 0 aromatic heterocycles. The molecule has 4 rings (SSSR count). The normalized spacial score (nSPS) is 36.0. The van der Waals surface area contributed by atoms with Crippen LogP contribution in [0.1, 0.15) is 66.2 Å². The van der Waals surface area contributed by atoms with Crippen LogP contribution in [0, 0.1) is 47.7 Å². The quantitative estimate of drug-likeness (QED) is 0.438. The Hall–Kier alpha value is 0.254. The van der Waals surface area contributed by atoms with Gasteiger partial charge in [-0.15, -0.1) is 12.8 Å². The first-order valence-electron chi connectivity index (χ1n) is 10.1. The topological polar surface area (TPSA) is 0 Å².